The van der Waals surface area contributed by atoms with E-state index in [1.807, 2.05) is 4.98 Å². The van der Waals surface area contributed by atoms with Gasteiger partial charge in [0.2, 0.25) is 0 Å². The van der Waals surface area contributed by atoms with Gasteiger partial charge in [-0.25, -0.2) is 23.5 Å². The number of phosphoric acid groups is 3. The maximum absolute atomic E-state index is 11.8. The van der Waals surface area contributed by atoms with Crippen molar-refractivity contribution in [2.75, 3.05) is 6.61 Å². The molecular formula is C10H15N4O15P3. The number of ether oxygens (including phenoxy) is 1. The minimum Gasteiger partial charge on any atom is -0.387 e. The highest BCUT2D eigenvalue weighted by atomic mass is 31.3. The highest BCUT2D eigenvalue weighted by Gasteiger charge is 2.46. The fraction of sp³-hybridized carbons (Fsp3) is 0.500. The summed E-state index contributed by atoms with van der Waals surface area (Å²) in [7, 11) is -16.8. The Labute approximate surface area is 174 Å². The average Bonchev–Trinajstić information content (AvgIpc) is 3.12. The molecule has 1 fully saturated rings. The van der Waals surface area contributed by atoms with Gasteiger partial charge in [0, 0.05) is 0 Å². The number of H-pyrrole nitrogens is 2. The van der Waals surface area contributed by atoms with Crippen LogP contribution in [0.2, 0.25) is 0 Å². The fourth-order valence-electron chi connectivity index (χ4n) is 2.71. The van der Waals surface area contributed by atoms with E-state index in [1.165, 1.54) is 0 Å². The van der Waals surface area contributed by atoms with E-state index in [9.17, 15) is 38.4 Å². The molecule has 0 bridgehead atoms. The highest BCUT2D eigenvalue weighted by Crippen LogP contribution is 2.66. The molecule has 2 aromatic heterocycles. The van der Waals surface area contributed by atoms with Gasteiger partial charge in [0.25, 0.3) is 5.56 Å². The summed E-state index contributed by atoms with van der Waals surface area (Å²) in [5, 5.41) is 20.3. The van der Waals surface area contributed by atoms with E-state index in [2.05, 4.69) is 23.1 Å². The van der Waals surface area contributed by atoms with Crippen molar-refractivity contribution in [1.29, 1.82) is 0 Å². The third-order valence-electron chi connectivity index (χ3n) is 3.90. The van der Waals surface area contributed by atoms with Crippen LogP contribution in [0.5, 0.6) is 0 Å². The molecule has 6 atom stereocenters. The van der Waals surface area contributed by atoms with E-state index in [1.54, 1.807) is 0 Å². The number of fused-ring (bicyclic) bond motifs is 1. The van der Waals surface area contributed by atoms with Gasteiger partial charge in [0.05, 0.1) is 12.9 Å². The first-order chi connectivity index (χ1) is 14.6. The number of hydrogen-bond acceptors (Lipinski definition) is 12. The average molecular weight is 524 g/mol. The summed E-state index contributed by atoms with van der Waals surface area (Å²) < 4.78 is 51.4. The van der Waals surface area contributed by atoms with Crippen molar-refractivity contribution in [2.45, 2.75) is 24.5 Å². The second kappa shape index (κ2) is 8.66. The lowest BCUT2D eigenvalue weighted by molar-refractivity contribution is -0.0503. The molecule has 3 rings (SSSR count). The van der Waals surface area contributed by atoms with Crippen LogP contribution in [-0.2, 0) is 31.6 Å². The summed E-state index contributed by atoms with van der Waals surface area (Å²) >= 11 is 0. The highest BCUT2D eigenvalue weighted by molar-refractivity contribution is 7.66. The van der Waals surface area contributed by atoms with E-state index in [0.717, 1.165) is 10.9 Å². The molecule has 1 aliphatic rings. The first kappa shape index (κ1) is 25.1. The molecule has 1 saturated heterocycles. The van der Waals surface area contributed by atoms with Crippen molar-refractivity contribution in [2.24, 2.45) is 0 Å². The Balaban J connectivity index is 1.73. The molecule has 22 heteroatoms. The molecule has 19 nitrogen and oxygen atoms in total. The molecule has 2 aromatic rings. The minimum atomic E-state index is -5.75. The largest absolute Gasteiger partial charge is 0.490 e. The van der Waals surface area contributed by atoms with Crippen molar-refractivity contribution in [3.8, 4) is 0 Å². The Morgan fingerprint density at radius 2 is 1.69 bits per heavy atom. The van der Waals surface area contributed by atoms with Crippen LogP contribution in [0.1, 0.15) is 6.23 Å². The third kappa shape index (κ3) is 5.67. The smallest absolute Gasteiger partial charge is 0.387 e. The number of imidazole rings is 1. The second-order valence-corrected chi connectivity index (χ2v) is 10.6. The fourth-order valence-corrected chi connectivity index (χ4v) is 5.74. The van der Waals surface area contributed by atoms with E-state index in [-0.39, 0.29) is 11.2 Å². The van der Waals surface area contributed by atoms with Crippen LogP contribution >= 0.6 is 23.5 Å². The summed E-state index contributed by atoms with van der Waals surface area (Å²) in [6.45, 7) is -1.04. The summed E-state index contributed by atoms with van der Waals surface area (Å²) in [5.41, 5.74) is -2.16. The van der Waals surface area contributed by atoms with Gasteiger partial charge in [-0.3, -0.25) is 23.9 Å². The van der Waals surface area contributed by atoms with Gasteiger partial charge in [-0.05, 0) is 0 Å². The van der Waals surface area contributed by atoms with Crippen molar-refractivity contribution in [1.82, 2.24) is 19.5 Å². The first-order valence-corrected chi connectivity index (χ1v) is 12.6. The van der Waals surface area contributed by atoms with Gasteiger partial charge >= 0.3 is 29.2 Å². The van der Waals surface area contributed by atoms with Crippen LogP contribution in [0.4, 0.5) is 0 Å². The lowest BCUT2D eigenvalue weighted by Gasteiger charge is -2.19. The Bertz CT molecular complexity index is 1260. The molecule has 0 spiro atoms. The van der Waals surface area contributed by atoms with Gasteiger partial charge in [-0.2, -0.15) is 8.62 Å². The SMILES string of the molecule is O=c1[nH]c(=O)c2ncn([C@@H]3O[C@H](COP(=O)(O)OP(=O)(O)OP(=O)(O)O)C(O)[C@@H]3O)c2[nH]1. The summed E-state index contributed by atoms with van der Waals surface area (Å²) in [4.78, 5) is 66.7. The molecule has 0 aliphatic carbocycles. The van der Waals surface area contributed by atoms with Gasteiger partial charge in [0.1, 0.15) is 24.0 Å². The molecule has 3 unspecified atom stereocenters. The quantitative estimate of drug-likeness (QED) is 0.164. The summed E-state index contributed by atoms with van der Waals surface area (Å²) in [6.07, 6.45) is -5.54. The number of rotatable bonds is 8. The number of hydrogen-bond donors (Lipinski definition) is 8. The Morgan fingerprint density at radius 3 is 2.31 bits per heavy atom. The lowest BCUT2D eigenvalue weighted by Crippen LogP contribution is -2.33. The Morgan fingerprint density at radius 1 is 1.03 bits per heavy atom. The zero-order chi connectivity index (χ0) is 24.1. The number of aliphatic hydroxyl groups excluding tert-OH is 2. The van der Waals surface area contributed by atoms with Gasteiger partial charge in [0.15, 0.2) is 11.7 Å². The van der Waals surface area contributed by atoms with Crippen molar-refractivity contribution >= 4 is 34.6 Å². The summed E-state index contributed by atoms with van der Waals surface area (Å²) in [5.74, 6) is 0. The third-order valence-corrected chi connectivity index (χ3v) is 7.70. The molecular weight excluding hydrogens is 509 g/mol. The number of nitrogens with zero attached hydrogens (tertiary/aromatic N) is 2. The van der Waals surface area contributed by atoms with Gasteiger partial charge in [-0.15, -0.1) is 0 Å². The molecule has 0 amide bonds. The Kier molecular flexibility index (Phi) is 6.78. The molecule has 0 radical (unpaired) electrons. The first-order valence-electron chi connectivity index (χ1n) is 8.08. The van der Waals surface area contributed by atoms with E-state index in [0.29, 0.717) is 0 Å². The molecule has 1 aliphatic heterocycles. The molecule has 8 N–H and O–H groups in total. The zero-order valence-electron chi connectivity index (χ0n) is 15.2. The number of aromatic nitrogens is 4. The van der Waals surface area contributed by atoms with Crippen LogP contribution in [0.15, 0.2) is 15.9 Å². The van der Waals surface area contributed by atoms with Crippen LogP contribution in [-0.4, -0.2) is 74.2 Å². The molecule has 32 heavy (non-hydrogen) atoms. The zero-order valence-corrected chi connectivity index (χ0v) is 17.9. The maximum Gasteiger partial charge on any atom is 0.490 e. The number of nitrogens with one attached hydrogen (secondary N) is 2. The van der Waals surface area contributed by atoms with Crippen LogP contribution in [0.25, 0.3) is 11.2 Å². The van der Waals surface area contributed by atoms with Crippen molar-refractivity contribution < 1.29 is 61.4 Å². The topological polar surface area (TPSA) is 293 Å². The summed E-state index contributed by atoms with van der Waals surface area (Å²) in [6, 6.07) is 0. The second-order valence-electron chi connectivity index (χ2n) is 6.19. The van der Waals surface area contributed by atoms with E-state index < -0.39 is 65.9 Å². The van der Waals surface area contributed by atoms with Crippen molar-refractivity contribution in [3.63, 3.8) is 0 Å². The van der Waals surface area contributed by atoms with Crippen LogP contribution < -0.4 is 11.2 Å². The predicted octanol–water partition coefficient (Wildman–Crippen LogP) is -2.62. The maximum atomic E-state index is 11.8. The standard InChI is InChI=1S/C10H15N4O15P3/c15-5-3(1-26-31(22,23)29-32(24,25)28-30(19,20)21)27-9(6(5)16)14-2-11-4-7(14)12-10(18)13-8(4)17/h2-3,5-6,9,15-16H,1H2,(H,22,23)(H,24,25)(H2,19,20,21)(H2,12,13,17,18)/t3-,5?,6+,9-/m1/s1. The molecule has 3 heterocycles. The predicted molar refractivity (Wildman–Crippen MR) is 96.7 cm³/mol. The van der Waals surface area contributed by atoms with Gasteiger partial charge in [-0.1, -0.05) is 0 Å². The molecule has 0 saturated carbocycles. The van der Waals surface area contributed by atoms with Crippen LogP contribution in [0.3, 0.4) is 0 Å². The van der Waals surface area contributed by atoms with Gasteiger partial charge < -0.3 is 34.5 Å². The number of aromatic amines is 2. The van der Waals surface area contributed by atoms with Crippen molar-refractivity contribution in [3.05, 3.63) is 27.2 Å². The normalized spacial score (nSPS) is 27.9. The number of aliphatic hydroxyl groups is 2. The van der Waals surface area contributed by atoms with Crippen LogP contribution in [0, 0.1) is 0 Å². The lowest BCUT2D eigenvalue weighted by atomic mass is 10.1. The number of phosphoric ester groups is 1. The monoisotopic (exact) mass is 524 g/mol. The molecule has 0 aromatic carbocycles. The minimum absolute atomic E-state index is 0.177. The van der Waals surface area contributed by atoms with E-state index in [4.69, 9.17) is 19.4 Å². The van der Waals surface area contributed by atoms with E-state index >= 15 is 0 Å². The molecule has 180 valence electrons. The Hall–Kier alpha value is -1.56.